The first kappa shape index (κ1) is 23.4. The Morgan fingerprint density at radius 3 is 2.59 bits per heavy atom. The first-order chi connectivity index (χ1) is 18.1. The standard InChI is InChI=1S/C28H21N7O2/c1-2-18-10-12-21(13-11-18)32-28(37)23-15-19-7-3-4-8-22(19)25(26(23)36)33-34-27-20(16-29)17-31-35(27)24-9-5-6-14-30-24/h3-15,17,36H,2H2,1H3,(H,32,37). The van der Waals surface area contributed by atoms with Crippen LogP contribution in [0.5, 0.6) is 5.75 Å². The molecule has 0 bridgehead atoms. The molecule has 0 aliphatic heterocycles. The Kier molecular flexibility index (Phi) is 6.38. The monoisotopic (exact) mass is 487 g/mol. The van der Waals surface area contributed by atoms with Gasteiger partial charge in [-0.15, -0.1) is 10.2 Å². The van der Waals surface area contributed by atoms with Crippen molar-refractivity contribution in [2.45, 2.75) is 13.3 Å². The number of rotatable bonds is 6. The zero-order chi connectivity index (χ0) is 25.8. The Bertz CT molecular complexity index is 1670. The van der Waals surface area contributed by atoms with E-state index in [4.69, 9.17) is 0 Å². The summed E-state index contributed by atoms with van der Waals surface area (Å²) >= 11 is 0. The van der Waals surface area contributed by atoms with E-state index in [0.717, 1.165) is 12.0 Å². The molecule has 3 aromatic carbocycles. The lowest BCUT2D eigenvalue weighted by molar-refractivity contribution is 0.102. The first-order valence-electron chi connectivity index (χ1n) is 11.5. The maximum atomic E-state index is 13.1. The largest absolute Gasteiger partial charge is 0.505 e. The number of amides is 1. The predicted molar refractivity (Wildman–Crippen MR) is 140 cm³/mol. The van der Waals surface area contributed by atoms with Gasteiger partial charge in [0.05, 0.1) is 11.8 Å². The molecule has 37 heavy (non-hydrogen) atoms. The van der Waals surface area contributed by atoms with Crippen LogP contribution in [-0.4, -0.2) is 25.8 Å². The fraction of sp³-hybridized carbons (Fsp3) is 0.0714. The van der Waals surface area contributed by atoms with E-state index in [2.05, 4.69) is 32.6 Å². The van der Waals surface area contributed by atoms with Crippen LogP contribution in [0.4, 0.5) is 17.2 Å². The quantitative estimate of drug-likeness (QED) is 0.274. The van der Waals surface area contributed by atoms with Crippen molar-refractivity contribution >= 4 is 33.9 Å². The Balaban J connectivity index is 1.58. The number of benzene rings is 3. The average Bonchev–Trinajstić information content (AvgIpc) is 3.36. The Morgan fingerprint density at radius 1 is 1.08 bits per heavy atom. The molecule has 2 aromatic heterocycles. The second-order valence-electron chi connectivity index (χ2n) is 8.14. The number of hydrogen-bond donors (Lipinski definition) is 2. The van der Waals surface area contributed by atoms with Crippen molar-refractivity contribution in [2.75, 3.05) is 5.32 Å². The summed E-state index contributed by atoms with van der Waals surface area (Å²) in [5.74, 6) is -0.211. The molecular formula is C28H21N7O2. The molecule has 180 valence electrons. The second-order valence-corrected chi connectivity index (χ2v) is 8.14. The molecule has 0 spiro atoms. The number of fused-ring (bicyclic) bond motifs is 1. The third-order valence-electron chi connectivity index (χ3n) is 5.84. The summed E-state index contributed by atoms with van der Waals surface area (Å²) < 4.78 is 1.39. The van der Waals surface area contributed by atoms with Crippen LogP contribution >= 0.6 is 0 Å². The molecule has 5 aromatic rings. The topological polar surface area (TPSA) is 129 Å². The fourth-order valence-corrected chi connectivity index (χ4v) is 3.88. The number of anilines is 1. The number of phenols is 1. The summed E-state index contributed by atoms with van der Waals surface area (Å²) in [4.78, 5) is 17.4. The zero-order valence-electron chi connectivity index (χ0n) is 19.8. The lowest BCUT2D eigenvalue weighted by atomic mass is 10.0. The van der Waals surface area contributed by atoms with Gasteiger partial charge in [-0.25, -0.2) is 4.98 Å². The van der Waals surface area contributed by atoms with Crippen LogP contribution in [0.3, 0.4) is 0 Å². The van der Waals surface area contributed by atoms with E-state index in [-0.39, 0.29) is 28.4 Å². The molecule has 0 saturated carbocycles. The van der Waals surface area contributed by atoms with E-state index in [1.807, 2.05) is 42.5 Å². The number of carbonyl (C=O) groups is 1. The number of hydrogen-bond acceptors (Lipinski definition) is 7. The van der Waals surface area contributed by atoms with Crippen molar-refractivity contribution in [3.8, 4) is 17.6 Å². The van der Waals surface area contributed by atoms with Crippen LogP contribution in [-0.2, 0) is 6.42 Å². The van der Waals surface area contributed by atoms with Crippen LogP contribution in [0.15, 0.2) is 95.4 Å². The second kappa shape index (κ2) is 10.1. The molecule has 5 rings (SSSR count). The minimum absolute atomic E-state index is 0.0472. The number of aryl methyl sites for hydroxylation is 1. The number of azo groups is 1. The van der Waals surface area contributed by atoms with Gasteiger partial charge in [0.15, 0.2) is 17.4 Å². The van der Waals surface area contributed by atoms with Crippen molar-refractivity contribution < 1.29 is 9.90 Å². The number of carbonyl (C=O) groups excluding carboxylic acids is 1. The Hall–Kier alpha value is -5.36. The number of nitriles is 1. The molecule has 0 atom stereocenters. The average molecular weight is 488 g/mol. The molecule has 2 N–H and O–H groups in total. The highest BCUT2D eigenvalue weighted by atomic mass is 16.3. The molecule has 1 amide bonds. The van der Waals surface area contributed by atoms with Crippen molar-refractivity contribution in [1.82, 2.24) is 14.8 Å². The summed E-state index contributed by atoms with van der Waals surface area (Å²) in [5.41, 5.74) is 2.09. The van der Waals surface area contributed by atoms with E-state index < -0.39 is 5.91 Å². The highest BCUT2D eigenvalue weighted by molar-refractivity contribution is 6.11. The van der Waals surface area contributed by atoms with Gasteiger partial charge in [0.1, 0.15) is 17.3 Å². The summed E-state index contributed by atoms with van der Waals surface area (Å²) in [7, 11) is 0. The lowest BCUT2D eigenvalue weighted by Gasteiger charge is -2.11. The van der Waals surface area contributed by atoms with E-state index in [0.29, 0.717) is 22.3 Å². The number of nitrogens with one attached hydrogen (secondary N) is 1. The number of aromatic hydroxyl groups is 1. The van der Waals surface area contributed by atoms with Crippen LogP contribution in [0.2, 0.25) is 0 Å². The van der Waals surface area contributed by atoms with Gasteiger partial charge < -0.3 is 10.4 Å². The maximum Gasteiger partial charge on any atom is 0.259 e. The highest BCUT2D eigenvalue weighted by Crippen LogP contribution is 2.40. The number of pyridine rings is 1. The number of nitrogens with zero attached hydrogens (tertiary/aromatic N) is 6. The Morgan fingerprint density at radius 2 is 1.86 bits per heavy atom. The van der Waals surface area contributed by atoms with E-state index in [1.165, 1.54) is 10.9 Å². The SMILES string of the molecule is CCc1ccc(NC(=O)c2cc3ccccc3c(N=Nc3c(C#N)cnn3-c3ccccn3)c2O)cc1. The molecule has 9 heteroatoms. The molecule has 9 nitrogen and oxygen atoms in total. The van der Waals surface area contributed by atoms with Gasteiger partial charge >= 0.3 is 0 Å². The highest BCUT2D eigenvalue weighted by Gasteiger charge is 2.19. The molecule has 0 fully saturated rings. The third-order valence-corrected chi connectivity index (χ3v) is 5.84. The van der Waals surface area contributed by atoms with Gasteiger partial charge in [-0.1, -0.05) is 49.4 Å². The minimum atomic E-state index is -0.486. The van der Waals surface area contributed by atoms with Crippen molar-refractivity contribution in [1.29, 1.82) is 5.26 Å². The van der Waals surface area contributed by atoms with Gasteiger partial charge in [0.25, 0.3) is 5.91 Å². The maximum absolute atomic E-state index is 13.1. The summed E-state index contributed by atoms with van der Waals surface area (Å²) in [6.45, 7) is 2.06. The molecular weight excluding hydrogens is 466 g/mol. The molecule has 2 heterocycles. The van der Waals surface area contributed by atoms with E-state index in [1.54, 1.807) is 42.6 Å². The van der Waals surface area contributed by atoms with E-state index >= 15 is 0 Å². The molecule has 0 unspecified atom stereocenters. The third kappa shape index (κ3) is 4.63. The molecule has 0 radical (unpaired) electrons. The van der Waals surface area contributed by atoms with E-state index in [9.17, 15) is 15.2 Å². The molecule has 0 saturated heterocycles. The van der Waals surface area contributed by atoms with Gasteiger partial charge in [-0.3, -0.25) is 4.79 Å². The summed E-state index contributed by atoms with van der Waals surface area (Å²) in [6, 6.07) is 23.7. The normalized spacial score (nSPS) is 11.0. The smallest absolute Gasteiger partial charge is 0.259 e. The van der Waals surface area contributed by atoms with Gasteiger partial charge in [0, 0.05) is 17.3 Å². The van der Waals surface area contributed by atoms with Crippen LogP contribution in [0.1, 0.15) is 28.4 Å². The Labute approximate surface area is 212 Å². The lowest BCUT2D eigenvalue weighted by Crippen LogP contribution is -2.12. The van der Waals surface area contributed by atoms with Crippen molar-refractivity contribution in [3.63, 3.8) is 0 Å². The minimum Gasteiger partial charge on any atom is -0.505 e. The molecule has 0 aliphatic carbocycles. The molecule has 0 aliphatic rings. The zero-order valence-corrected chi connectivity index (χ0v) is 19.8. The van der Waals surface area contributed by atoms with Crippen LogP contribution in [0.25, 0.3) is 16.6 Å². The van der Waals surface area contributed by atoms with Crippen molar-refractivity contribution in [3.05, 3.63) is 102 Å². The van der Waals surface area contributed by atoms with Crippen molar-refractivity contribution in [2.24, 2.45) is 10.2 Å². The number of aromatic nitrogens is 3. The van der Waals surface area contributed by atoms with Crippen LogP contribution < -0.4 is 5.32 Å². The first-order valence-corrected chi connectivity index (χ1v) is 11.5. The number of phenolic OH excluding ortho intramolecular Hbond substituents is 1. The predicted octanol–water partition coefficient (Wildman–Crippen LogP) is 6.23. The van der Waals surface area contributed by atoms with Gasteiger partial charge in [-0.2, -0.15) is 15.0 Å². The van der Waals surface area contributed by atoms with Crippen LogP contribution in [0, 0.1) is 11.3 Å². The van der Waals surface area contributed by atoms with Gasteiger partial charge in [0.2, 0.25) is 0 Å². The summed E-state index contributed by atoms with van der Waals surface area (Å²) in [6.07, 6.45) is 3.86. The summed E-state index contributed by atoms with van der Waals surface area (Å²) in [5, 5.41) is 37.6. The fourth-order valence-electron chi connectivity index (χ4n) is 3.88. The van der Waals surface area contributed by atoms with Gasteiger partial charge in [-0.05, 0) is 47.7 Å².